The molecule has 0 unspecified atom stereocenters. The normalized spacial score (nSPS) is 56.7. The van der Waals surface area contributed by atoms with Gasteiger partial charge in [-0.25, -0.2) is 0 Å². The van der Waals surface area contributed by atoms with E-state index in [9.17, 15) is 5.11 Å². The van der Waals surface area contributed by atoms with E-state index in [2.05, 4.69) is 6.92 Å². The lowest BCUT2D eigenvalue weighted by Crippen LogP contribution is -2.22. The molecule has 0 aromatic carbocycles. The third-order valence-electron chi connectivity index (χ3n) is 2.94. The Labute approximate surface area is 56.1 Å². The van der Waals surface area contributed by atoms with Crippen molar-refractivity contribution in [1.82, 2.24) is 0 Å². The Bertz CT molecular complexity index is 108. The Morgan fingerprint density at radius 1 is 1.11 bits per heavy atom. The summed E-state index contributed by atoms with van der Waals surface area (Å²) in [6, 6.07) is 0. The van der Waals surface area contributed by atoms with Crippen LogP contribution in [0.2, 0.25) is 0 Å². The van der Waals surface area contributed by atoms with Gasteiger partial charge in [-0.1, -0.05) is 6.92 Å². The molecule has 2 rings (SSSR count). The van der Waals surface area contributed by atoms with Gasteiger partial charge in [-0.2, -0.15) is 0 Å². The first-order chi connectivity index (χ1) is 4.27. The van der Waals surface area contributed by atoms with Crippen LogP contribution in [0, 0.1) is 17.8 Å². The van der Waals surface area contributed by atoms with Crippen LogP contribution in [-0.2, 0) is 0 Å². The van der Waals surface area contributed by atoms with E-state index in [0.717, 1.165) is 18.3 Å². The lowest BCUT2D eigenvalue weighted by Gasteiger charge is -2.22. The van der Waals surface area contributed by atoms with Gasteiger partial charge in [0, 0.05) is 0 Å². The van der Waals surface area contributed by atoms with Gasteiger partial charge in [-0.3, -0.25) is 0 Å². The Balaban J connectivity index is 1.98. The van der Waals surface area contributed by atoms with Crippen LogP contribution in [0.15, 0.2) is 0 Å². The van der Waals surface area contributed by atoms with Crippen molar-refractivity contribution < 1.29 is 5.11 Å². The molecule has 1 N–H and O–H groups in total. The predicted octanol–water partition coefficient (Wildman–Crippen LogP) is 1.41. The summed E-state index contributed by atoms with van der Waals surface area (Å²) in [5, 5.41) is 9.37. The molecule has 0 amide bonds. The summed E-state index contributed by atoms with van der Waals surface area (Å²) in [4.78, 5) is 0. The van der Waals surface area contributed by atoms with Crippen LogP contribution in [0.25, 0.3) is 0 Å². The first-order valence-corrected chi connectivity index (χ1v) is 3.95. The molecule has 9 heavy (non-hydrogen) atoms. The van der Waals surface area contributed by atoms with E-state index in [1.54, 1.807) is 0 Å². The van der Waals surface area contributed by atoms with Crippen LogP contribution >= 0.6 is 0 Å². The van der Waals surface area contributed by atoms with Crippen LogP contribution in [-0.4, -0.2) is 11.2 Å². The predicted molar refractivity (Wildman–Crippen MR) is 36.0 cm³/mol. The number of hydrogen-bond acceptors (Lipinski definition) is 1. The third-order valence-corrected chi connectivity index (χ3v) is 2.94. The number of rotatable bonds is 0. The van der Waals surface area contributed by atoms with Gasteiger partial charge in [0.05, 0.1) is 6.10 Å². The average Bonchev–Trinajstić information content (AvgIpc) is 2.46. The van der Waals surface area contributed by atoms with Crippen molar-refractivity contribution in [3.63, 3.8) is 0 Å². The molecule has 2 aliphatic carbocycles. The topological polar surface area (TPSA) is 20.2 Å². The summed E-state index contributed by atoms with van der Waals surface area (Å²) in [6.07, 6.45) is 3.80. The van der Waals surface area contributed by atoms with Gasteiger partial charge in [0.25, 0.3) is 0 Å². The highest BCUT2D eigenvalue weighted by Crippen LogP contribution is 2.51. The monoisotopic (exact) mass is 126 g/mol. The zero-order chi connectivity index (χ0) is 6.43. The van der Waals surface area contributed by atoms with Crippen molar-refractivity contribution in [3.05, 3.63) is 0 Å². The molecule has 0 heterocycles. The average molecular weight is 126 g/mol. The summed E-state index contributed by atoms with van der Waals surface area (Å²) in [5.41, 5.74) is 0. The van der Waals surface area contributed by atoms with Gasteiger partial charge < -0.3 is 5.11 Å². The maximum Gasteiger partial charge on any atom is 0.0568 e. The largest absolute Gasteiger partial charge is 0.393 e. The fourth-order valence-electron chi connectivity index (χ4n) is 2.06. The zero-order valence-corrected chi connectivity index (χ0v) is 5.88. The van der Waals surface area contributed by atoms with Crippen molar-refractivity contribution >= 4 is 0 Å². The molecule has 2 fully saturated rings. The van der Waals surface area contributed by atoms with Gasteiger partial charge >= 0.3 is 0 Å². The molecule has 0 radical (unpaired) electrons. The molecule has 1 nitrogen and oxygen atoms in total. The first-order valence-electron chi connectivity index (χ1n) is 3.95. The minimum absolute atomic E-state index is 0.0220. The summed E-state index contributed by atoms with van der Waals surface area (Å²) < 4.78 is 0. The lowest BCUT2D eigenvalue weighted by atomic mass is 9.88. The molecule has 0 aromatic rings. The second kappa shape index (κ2) is 1.72. The van der Waals surface area contributed by atoms with Gasteiger partial charge in [0.1, 0.15) is 0 Å². The number of aliphatic hydroxyl groups excluding tert-OH is 1. The molecule has 0 aliphatic heterocycles. The minimum atomic E-state index is 0.0220. The van der Waals surface area contributed by atoms with Crippen molar-refractivity contribution in [3.8, 4) is 0 Å². The van der Waals surface area contributed by atoms with E-state index in [-0.39, 0.29) is 6.10 Å². The highest BCUT2D eigenvalue weighted by molar-refractivity contribution is 4.94. The summed E-state index contributed by atoms with van der Waals surface area (Å²) >= 11 is 0. The van der Waals surface area contributed by atoms with E-state index in [1.165, 1.54) is 12.8 Å². The second-order valence-corrected chi connectivity index (χ2v) is 3.77. The molecular weight excluding hydrogens is 112 g/mol. The van der Waals surface area contributed by atoms with Crippen LogP contribution in [0.4, 0.5) is 0 Å². The van der Waals surface area contributed by atoms with Gasteiger partial charge in [0.2, 0.25) is 0 Å². The van der Waals surface area contributed by atoms with Crippen LogP contribution in [0.1, 0.15) is 26.2 Å². The molecule has 4 atom stereocenters. The summed E-state index contributed by atoms with van der Waals surface area (Å²) in [6.45, 7) is 2.17. The van der Waals surface area contributed by atoms with E-state index in [1.807, 2.05) is 0 Å². The molecule has 52 valence electrons. The molecular formula is C8H14O. The molecule has 2 saturated carbocycles. The summed E-state index contributed by atoms with van der Waals surface area (Å²) in [5.74, 6) is 2.49. The Morgan fingerprint density at radius 3 is 2.44 bits per heavy atom. The third kappa shape index (κ3) is 0.877. The lowest BCUT2D eigenvalue weighted by molar-refractivity contribution is 0.0747. The zero-order valence-electron chi connectivity index (χ0n) is 5.88. The molecule has 0 aromatic heterocycles. The first kappa shape index (κ1) is 5.72. The molecule has 0 bridgehead atoms. The fourth-order valence-corrected chi connectivity index (χ4v) is 2.06. The van der Waals surface area contributed by atoms with Crippen molar-refractivity contribution in [1.29, 1.82) is 0 Å². The quantitative estimate of drug-likeness (QED) is 0.520. The number of fused-ring (bicyclic) bond motifs is 1. The smallest absolute Gasteiger partial charge is 0.0568 e. The maximum absolute atomic E-state index is 9.37. The highest BCUT2D eigenvalue weighted by atomic mass is 16.3. The molecule has 0 spiro atoms. The Kier molecular flexibility index (Phi) is 1.10. The number of aliphatic hydroxyl groups is 1. The molecule has 0 saturated heterocycles. The fraction of sp³-hybridized carbons (Fsp3) is 1.00. The second-order valence-electron chi connectivity index (χ2n) is 3.77. The van der Waals surface area contributed by atoms with E-state index >= 15 is 0 Å². The highest BCUT2D eigenvalue weighted by Gasteiger charge is 2.44. The van der Waals surface area contributed by atoms with Crippen LogP contribution in [0.5, 0.6) is 0 Å². The van der Waals surface area contributed by atoms with Gasteiger partial charge in [0.15, 0.2) is 0 Å². The SMILES string of the molecule is C[C@H]1C[C@@H]2C[C@@H]2C[C@@H]1O. The van der Waals surface area contributed by atoms with Crippen LogP contribution < -0.4 is 0 Å². The standard InChI is InChI=1S/C8H14O/c1-5-2-6-3-7(6)4-8(5)9/h5-9H,2-4H2,1H3/t5-,6+,7+,8-/m0/s1. The van der Waals surface area contributed by atoms with E-state index < -0.39 is 0 Å². The minimum Gasteiger partial charge on any atom is -0.393 e. The van der Waals surface area contributed by atoms with E-state index in [4.69, 9.17) is 0 Å². The van der Waals surface area contributed by atoms with Crippen molar-refractivity contribution in [2.24, 2.45) is 17.8 Å². The summed E-state index contributed by atoms with van der Waals surface area (Å²) in [7, 11) is 0. The Hall–Kier alpha value is -0.0400. The van der Waals surface area contributed by atoms with Gasteiger partial charge in [-0.05, 0) is 37.0 Å². The molecule has 2 aliphatic rings. The van der Waals surface area contributed by atoms with Gasteiger partial charge in [-0.15, -0.1) is 0 Å². The van der Waals surface area contributed by atoms with Crippen LogP contribution in [0.3, 0.4) is 0 Å². The molecule has 1 heteroatoms. The van der Waals surface area contributed by atoms with Crippen molar-refractivity contribution in [2.75, 3.05) is 0 Å². The number of hydrogen-bond donors (Lipinski definition) is 1. The van der Waals surface area contributed by atoms with Crippen molar-refractivity contribution in [2.45, 2.75) is 32.3 Å². The van der Waals surface area contributed by atoms with E-state index in [0.29, 0.717) is 5.92 Å². The Morgan fingerprint density at radius 2 is 1.78 bits per heavy atom. The maximum atomic E-state index is 9.37.